The molecule has 2 unspecified atom stereocenters. The van der Waals surface area contributed by atoms with Crippen molar-refractivity contribution in [2.45, 2.75) is 30.7 Å². The summed E-state index contributed by atoms with van der Waals surface area (Å²) in [6.45, 7) is 1.78. The van der Waals surface area contributed by atoms with E-state index in [1.54, 1.807) is 19.1 Å². The first kappa shape index (κ1) is 14.8. The number of carbonyl (C=O) groups is 1. The molecule has 0 spiro atoms. The van der Waals surface area contributed by atoms with Crippen LogP contribution in [0.25, 0.3) is 0 Å². The molecule has 0 bridgehead atoms. The highest BCUT2D eigenvalue weighted by atomic mass is 32.2. The number of para-hydroxylation sites is 1. The van der Waals surface area contributed by atoms with Crippen LogP contribution in [0.5, 0.6) is 0 Å². The Balaban J connectivity index is 2.37. The van der Waals surface area contributed by atoms with Gasteiger partial charge in [0.1, 0.15) is 4.90 Å². The van der Waals surface area contributed by atoms with Gasteiger partial charge in [0.2, 0.25) is 10.0 Å². The van der Waals surface area contributed by atoms with Crippen LogP contribution in [0.15, 0.2) is 29.2 Å². The molecule has 0 radical (unpaired) electrons. The maximum atomic E-state index is 12.6. The van der Waals surface area contributed by atoms with Gasteiger partial charge in [-0.05, 0) is 31.9 Å². The Hall–Kier alpha value is -1.60. The van der Waals surface area contributed by atoms with Crippen molar-refractivity contribution in [2.75, 3.05) is 12.3 Å². The number of anilines is 1. The molecule has 1 saturated heterocycles. The Labute approximate surface area is 118 Å². The highest BCUT2D eigenvalue weighted by Gasteiger charge is 2.37. The lowest BCUT2D eigenvalue weighted by molar-refractivity contribution is -0.143. The summed E-state index contributed by atoms with van der Waals surface area (Å²) < 4.78 is 26.5. The van der Waals surface area contributed by atoms with Crippen molar-refractivity contribution in [1.82, 2.24) is 4.31 Å². The summed E-state index contributed by atoms with van der Waals surface area (Å²) >= 11 is 0. The number of sulfonamides is 1. The number of carboxylic acids is 1. The minimum Gasteiger partial charge on any atom is -0.481 e. The number of rotatable bonds is 3. The molecule has 2 rings (SSSR count). The third-order valence-electron chi connectivity index (χ3n) is 3.68. The zero-order valence-electron chi connectivity index (χ0n) is 11.2. The van der Waals surface area contributed by atoms with E-state index in [2.05, 4.69) is 0 Å². The molecule has 1 aliphatic heterocycles. The fourth-order valence-electron chi connectivity index (χ4n) is 2.45. The molecule has 7 heteroatoms. The van der Waals surface area contributed by atoms with Crippen molar-refractivity contribution in [3.05, 3.63) is 24.3 Å². The van der Waals surface area contributed by atoms with Crippen LogP contribution in [0.2, 0.25) is 0 Å². The first-order valence-corrected chi connectivity index (χ1v) is 7.87. The van der Waals surface area contributed by atoms with Crippen LogP contribution >= 0.6 is 0 Å². The van der Waals surface area contributed by atoms with Gasteiger partial charge in [0.15, 0.2) is 0 Å². The van der Waals surface area contributed by atoms with Gasteiger partial charge >= 0.3 is 5.97 Å². The Morgan fingerprint density at radius 3 is 2.60 bits per heavy atom. The molecule has 110 valence electrons. The zero-order chi connectivity index (χ0) is 14.9. The molecule has 1 heterocycles. The number of hydrogen-bond donors (Lipinski definition) is 2. The molecule has 1 fully saturated rings. The molecule has 6 nitrogen and oxygen atoms in total. The Morgan fingerprint density at radius 1 is 1.35 bits per heavy atom. The van der Waals surface area contributed by atoms with Gasteiger partial charge in [0.25, 0.3) is 0 Å². The number of benzene rings is 1. The van der Waals surface area contributed by atoms with Gasteiger partial charge in [0.05, 0.1) is 11.6 Å². The Bertz CT molecular complexity index is 615. The summed E-state index contributed by atoms with van der Waals surface area (Å²) in [6, 6.07) is 6.01. The van der Waals surface area contributed by atoms with Crippen LogP contribution in [-0.4, -0.2) is 36.4 Å². The zero-order valence-corrected chi connectivity index (χ0v) is 12.0. The third-order valence-corrected chi connectivity index (χ3v) is 5.73. The van der Waals surface area contributed by atoms with E-state index in [0.717, 1.165) is 0 Å². The predicted molar refractivity (Wildman–Crippen MR) is 74.6 cm³/mol. The van der Waals surface area contributed by atoms with Crippen molar-refractivity contribution in [3.8, 4) is 0 Å². The predicted octanol–water partition coefficient (Wildman–Crippen LogP) is 1.14. The van der Waals surface area contributed by atoms with Crippen LogP contribution in [0.4, 0.5) is 5.69 Å². The van der Waals surface area contributed by atoms with E-state index in [9.17, 15) is 13.2 Å². The number of nitrogen functional groups attached to an aromatic ring is 1. The molecule has 1 aliphatic rings. The van der Waals surface area contributed by atoms with E-state index in [1.165, 1.54) is 16.4 Å². The van der Waals surface area contributed by atoms with Crippen LogP contribution in [0.3, 0.4) is 0 Å². The lowest BCUT2D eigenvalue weighted by Crippen LogP contribution is -2.47. The van der Waals surface area contributed by atoms with E-state index in [1.807, 2.05) is 0 Å². The van der Waals surface area contributed by atoms with E-state index in [4.69, 9.17) is 10.8 Å². The molecule has 0 aromatic heterocycles. The highest BCUT2D eigenvalue weighted by Crippen LogP contribution is 2.30. The normalized spacial score (nSPS) is 24.4. The van der Waals surface area contributed by atoms with Crippen molar-refractivity contribution in [3.63, 3.8) is 0 Å². The molecule has 0 amide bonds. The lowest BCUT2D eigenvalue weighted by atomic mass is 9.96. The average Bonchev–Trinajstić information content (AvgIpc) is 2.39. The van der Waals surface area contributed by atoms with Crippen molar-refractivity contribution in [2.24, 2.45) is 5.92 Å². The smallest absolute Gasteiger partial charge is 0.307 e. The summed E-state index contributed by atoms with van der Waals surface area (Å²) in [5.74, 6) is -1.62. The quantitative estimate of drug-likeness (QED) is 0.815. The van der Waals surface area contributed by atoms with Crippen LogP contribution in [-0.2, 0) is 14.8 Å². The summed E-state index contributed by atoms with van der Waals surface area (Å²) in [4.78, 5) is 11.1. The fourth-order valence-corrected chi connectivity index (χ4v) is 4.28. The number of nitrogens with two attached hydrogens (primary N) is 1. The molecule has 3 N–H and O–H groups in total. The monoisotopic (exact) mass is 298 g/mol. The summed E-state index contributed by atoms with van der Waals surface area (Å²) in [6.07, 6.45) is 1.02. The van der Waals surface area contributed by atoms with Crippen LogP contribution in [0.1, 0.15) is 19.8 Å². The number of piperidine rings is 1. The van der Waals surface area contributed by atoms with Gasteiger partial charge in [0, 0.05) is 12.6 Å². The Kier molecular flexibility index (Phi) is 4.01. The highest BCUT2D eigenvalue weighted by molar-refractivity contribution is 7.89. The average molecular weight is 298 g/mol. The molecule has 20 heavy (non-hydrogen) atoms. The summed E-state index contributed by atoms with van der Waals surface area (Å²) in [5.41, 5.74) is 5.91. The number of hydrogen-bond acceptors (Lipinski definition) is 4. The standard InChI is InChI=1S/C13H18N2O4S/c1-9-6-7-10(13(16)17)8-15(9)20(18,19)12-5-3-2-4-11(12)14/h2-5,9-10H,6-8,14H2,1H3,(H,16,17). The van der Waals surface area contributed by atoms with Gasteiger partial charge in [-0.25, -0.2) is 8.42 Å². The van der Waals surface area contributed by atoms with Crippen molar-refractivity contribution < 1.29 is 18.3 Å². The minimum atomic E-state index is -3.76. The number of aliphatic carboxylic acids is 1. The maximum absolute atomic E-state index is 12.6. The largest absolute Gasteiger partial charge is 0.481 e. The summed E-state index contributed by atoms with van der Waals surface area (Å²) in [5, 5.41) is 9.09. The first-order chi connectivity index (χ1) is 9.34. The van der Waals surface area contributed by atoms with E-state index >= 15 is 0 Å². The van der Waals surface area contributed by atoms with E-state index < -0.39 is 21.9 Å². The van der Waals surface area contributed by atoms with Crippen LogP contribution in [0, 0.1) is 5.92 Å². The topological polar surface area (TPSA) is 101 Å². The number of nitrogens with zero attached hydrogens (tertiary/aromatic N) is 1. The second-order valence-electron chi connectivity index (χ2n) is 5.07. The molecule has 1 aromatic carbocycles. The third kappa shape index (κ3) is 2.64. The maximum Gasteiger partial charge on any atom is 0.307 e. The Morgan fingerprint density at radius 2 is 2.00 bits per heavy atom. The van der Waals surface area contributed by atoms with Gasteiger partial charge < -0.3 is 10.8 Å². The summed E-state index contributed by atoms with van der Waals surface area (Å²) in [7, 11) is -3.76. The van der Waals surface area contributed by atoms with Crippen molar-refractivity contribution in [1.29, 1.82) is 0 Å². The van der Waals surface area contributed by atoms with Gasteiger partial charge in [-0.3, -0.25) is 4.79 Å². The second kappa shape index (κ2) is 5.41. The number of carboxylic acid groups (broad SMARTS) is 1. The molecule has 2 atom stereocenters. The van der Waals surface area contributed by atoms with Gasteiger partial charge in [-0.1, -0.05) is 12.1 Å². The molecule has 1 aromatic rings. The van der Waals surface area contributed by atoms with Gasteiger partial charge in [-0.15, -0.1) is 0 Å². The van der Waals surface area contributed by atoms with E-state index in [-0.39, 0.29) is 23.2 Å². The van der Waals surface area contributed by atoms with Gasteiger partial charge in [-0.2, -0.15) is 4.31 Å². The van der Waals surface area contributed by atoms with Crippen molar-refractivity contribution >= 4 is 21.7 Å². The SMILES string of the molecule is CC1CCC(C(=O)O)CN1S(=O)(=O)c1ccccc1N. The second-order valence-corrected chi connectivity index (χ2v) is 6.93. The first-order valence-electron chi connectivity index (χ1n) is 6.43. The lowest BCUT2D eigenvalue weighted by Gasteiger charge is -2.35. The van der Waals surface area contributed by atoms with E-state index in [0.29, 0.717) is 12.8 Å². The molecular formula is C13H18N2O4S. The molecule has 0 saturated carbocycles. The molecular weight excluding hydrogens is 280 g/mol. The van der Waals surface area contributed by atoms with Crippen LogP contribution < -0.4 is 5.73 Å². The molecule has 0 aliphatic carbocycles. The minimum absolute atomic E-state index is 0.00678. The fraction of sp³-hybridized carbons (Fsp3) is 0.462.